The van der Waals surface area contributed by atoms with Gasteiger partial charge in [-0.05, 0) is 79.7 Å². The van der Waals surface area contributed by atoms with Crippen LogP contribution in [0.25, 0.3) is 0 Å². The number of hydrogen-bond donors (Lipinski definition) is 0. The van der Waals surface area contributed by atoms with Crippen molar-refractivity contribution in [2.45, 2.75) is 84.7 Å². The first-order valence-electron chi connectivity index (χ1n) is 17.0. The van der Waals surface area contributed by atoms with Crippen molar-refractivity contribution in [2.75, 3.05) is 19.8 Å². The Morgan fingerprint density at radius 1 is 0.642 bits per heavy atom. The number of carbonyl (C=O) groups is 8. The molecule has 53 heavy (non-hydrogen) atoms. The minimum atomic E-state index is -2.10. The van der Waals surface area contributed by atoms with E-state index in [2.05, 4.69) is 0 Å². The number of imide groups is 4. The van der Waals surface area contributed by atoms with Gasteiger partial charge in [0.25, 0.3) is 11.8 Å². The molecule has 16 nitrogen and oxygen atoms in total. The molecule has 2 saturated heterocycles. The van der Waals surface area contributed by atoms with Gasteiger partial charge < -0.3 is 18.9 Å². The van der Waals surface area contributed by atoms with Crippen LogP contribution in [0.3, 0.4) is 0 Å². The minimum absolute atomic E-state index is 0.0560. The fourth-order valence-electron chi connectivity index (χ4n) is 6.02. The predicted molar refractivity (Wildman–Crippen MR) is 185 cm³/mol. The summed E-state index contributed by atoms with van der Waals surface area (Å²) < 4.78 is 21.6. The van der Waals surface area contributed by atoms with Gasteiger partial charge in [-0.2, -0.15) is 0 Å². The zero-order valence-electron chi connectivity index (χ0n) is 30.9. The molecule has 0 aliphatic carbocycles. The van der Waals surface area contributed by atoms with Crippen LogP contribution in [0.5, 0.6) is 0 Å². The second-order valence-electron chi connectivity index (χ2n) is 14.1. The van der Waals surface area contributed by atoms with E-state index in [0.29, 0.717) is 19.6 Å². The van der Waals surface area contributed by atoms with E-state index in [1.165, 1.54) is 83.1 Å². The summed E-state index contributed by atoms with van der Waals surface area (Å²) in [5.74, 6) is -6.56. The summed E-state index contributed by atoms with van der Waals surface area (Å²) in [4.78, 5) is 115. The summed E-state index contributed by atoms with van der Waals surface area (Å²) in [6.07, 6.45) is -2.46. The minimum Gasteiger partial charge on any atom is -0.465 e. The lowest BCUT2D eigenvalue weighted by Crippen LogP contribution is -2.60. The lowest BCUT2D eigenvalue weighted by Gasteiger charge is -2.36. The van der Waals surface area contributed by atoms with Gasteiger partial charge in [0, 0.05) is 11.1 Å². The largest absolute Gasteiger partial charge is 0.465 e. The Morgan fingerprint density at radius 3 is 1.51 bits per heavy atom. The van der Waals surface area contributed by atoms with E-state index in [1.807, 2.05) is 0 Å². The quantitative estimate of drug-likeness (QED) is 0.204. The van der Waals surface area contributed by atoms with Crippen molar-refractivity contribution in [3.63, 3.8) is 0 Å². The van der Waals surface area contributed by atoms with E-state index >= 15 is 0 Å². The summed E-state index contributed by atoms with van der Waals surface area (Å²) in [6, 6.07) is 6.75. The second kappa shape index (κ2) is 15.8. The highest BCUT2D eigenvalue weighted by molar-refractivity contribution is 6.14. The highest BCUT2D eigenvalue weighted by Crippen LogP contribution is 2.39. The maximum absolute atomic E-state index is 14.7. The Hall–Kier alpha value is -5.80. The number of benzene rings is 2. The average Bonchev–Trinajstić information content (AvgIpc) is 3.57. The van der Waals surface area contributed by atoms with Crippen LogP contribution in [-0.2, 0) is 28.5 Å². The smallest absolute Gasteiger partial charge is 0.418 e. The third kappa shape index (κ3) is 8.64. The van der Waals surface area contributed by atoms with Gasteiger partial charge in [0.05, 0.1) is 37.9 Å². The molecule has 2 aliphatic rings. The monoisotopic (exact) mass is 736 g/mol. The number of nitrogens with zero attached hydrogens (tertiary/aromatic N) is 4. The van der Waals surface area contributed by atoms with Gasteiger partial charge in [-0.15, -0.1) is 0 Å². The van der Waals surface area contributed by atoms with Crippen molar-refractivity contribution in [2.24, 2.45) is 5.92 Å². The number of ether oxygens (including phenoxy) is 4. The van der Waals surface area contributed by atoms with Crippen molar-refractivity contribution >= 4 is 48.0 Å². The fraction of sp³-hybridized carbons (Fsp3) is 0.459. The molecule has 0 aromatic heterocycles. The first-order valence-corrected chi connectivity index (χ1v) is 17.0. The van der Waals surface area contributed by atoms with Crippen molar-refractivity contribution in [1.29, 1.82) is 0 Å². The molecule has 0 N–H and O–H groups in total. The van der Waals surface area contributed by atoms with Gasteiger partial charge in [-0.1, -0.05) is 36.4 Å². The van der Waals surface area contributed by atoms with Crippen molar-refractivity contribution in [1.82, 2.24) is 19.6 Å². The number of urea groups is 2. The first-order chi connectivity index (χ1) is 24.8. The van der Waals surface area contributed by atoms with Crippen molar-refractivity contribution in [3.05, 3.63) is 71.8 Å². The summed E-state index contributed by atoms with van der Waals surface area (Å²) in [5.41, 5.74) is -2.42. The summed E-state index contributed by atoms with van der Waals surface area (Å²) in [5, 5.41) is 0. The first kappa shape index (κ1) is 40.0. The van der Waals surface area contributed by atoms with Crippen LogP contribution in [0.1, 0.15) is 76.1 Å². The molecule has 0 saturated carbocycles. The molecule has 1 unspecified atom stereocenters. The number of rotatable bonds is 8. The molecule has 16 heteroatoms. The van der Waals surface area contributed by atoms with Gasteiger partial charge in [0.1, 0.15) is 11.2 Å². The molecule has 2 aliphatic heterocycles. The van der Waals surface area contributed by atoms with Gasteiger partial charge in [-0.3, -0.25) is 29.0 Å². The molecule has 8 amide bonds. The van der Waals surface area contributed by atoms with Crippen LogP contribution in [0.4, 0.5) is 19.2 Å². The topological polar surface area (TPSA) is 186 Å². The highest BCUT2D eigenvalue weighted by atomic mass is 16.6. The van der Waals surface area contributed by atoms with E-state index in [-0.39, 0.29) is 24.3 Å². The van der Waals surface area contributed by atoms with Gasteiger partial charge in [-0.25, -0.2) is 29.0 Å². The Morgan fingerprint density at radius 2 is 1.08 bits per heavy atom. The second-order valence-corrected chi connectivity index (χ2v) is 14.1. The van der Waals surface area contributed by atoms with E-state index < -0.39 is 89.8 Å². The van der Waals surface area contributed by atoms with E-state index in [9.17, 15) is 38.4 Å². The van der Waals surface area contributed by atoms with Crippen LogP contribution in [0, 0.1) is 5.92 Å². The lowest BCUT2D eigenvalue weighted by atomic mass is 9.87. The SMILES string of the molecule is CCOC(=O)C(C(=O)OCC)[C@@H]1[C@@H](C2CN(C(=O)OC(C)(C)C)C(=O)N2C(=O)OC(C)(C)C)N(C(=O)c2ccccc2)C(=O)N1C(=O)c1ccccc1. The summed E-state index contributed by atoms with van der Waals surface area (Å²) in [6.45, 7) is 11.0. The average molecular weight is 737 g/mol. The highest BCUT2D eigenvalue weighted by Gasteiger charge is 2.65. The molecule has 3 atom stereocenters. The molecule has 2 heterocycles. The van der Waals surface area contributed by atoms with E-state index in [0.717, 1.165) is 0 Å². The number of hydrogen-bond acceptors (Lipinski definition) is 12. The van der Waals surface area contributed by atoms with Crippen LogP contribution < -0.4 is 0 Å². The predicted octanol–water partition coefficient (Wildman–Crippen LogP) is 4.86. The van der Waals surface area contributed by atoms with Crippen LogP contribution in [-0.4, -0.2) is 117 Å². The molecular formula is C37H44N4O12. The van der Waals surface area contributed by atoms with Crippen molar-refractivity contribution < 1.29 is 57.3 Å². The Kier molecular flexibility index (Phi) is 11.9. The molecule has 0 bridgehead atoms. The molecule has 2 aromatic rings. The molecule has 284 valence electrons. The molecule has 4 rings (SSSR count). The zero-order chi connectivity index (χ0) is 39.4. The van der Waals surface area contributed by atoms with Gasteiger partial charge >= 0.3 is 36.2 Å². The van der Waals surface area contributed by atoms with E-state index in [4.69, 9.17) is 18.9 Å². The Labute approximate surface area is 306 Å². The molecule has 0 spiro atoms. The van der Waals surface area contributed by atoms with Crippen molar-refractivity contribution in [3.8, 4) is 0 Å². The maximum Gasteiger partial charge on any atom is 0.418 e. The number of amides is 8. The third-order valence-corrected chi connectivity index (χ3v) is 8.00. The third-order valence-electron chi connectivity index (χ3n) is 8.00. The maximum atomic E-state index is 14.7. The molecule has 0 radical (unpaired) electrons. The van der Waals surface area contributed by atoms with Gasteiger partial charge in [0.15, 0.2) is 5.92 Å². The fourth-order valence-corrected chi connectivity index (χ4v) is 6.02. The standard InChI is InChI=1S/C37H44N4O12/c1-9-50-30(44)25(31(45)51-10-2)27-26(24-21-38(34(48)52-36(3,4)5)32(46)39(24)35(49)53-37(6,7)8)40(28(42)22-17-13-11-14-18-22)33(47)41(27)29(43)23-19-15-12-16-20-23/h11-20,24-27H,9-10,21H2,1-8H3/t24?,26-,27-/m1/s1. The van der Waals surface area contributed by atoms with E-state index in [1.54, 1.807) is 32.9 Å². The zero-order valence-corrected chi connectivity index (χ0v) is 30.9. The Balaban J connectivity index is 2.07. The lowest BCUT2D eigenvalue weighted by molar-refractivity contribution is -0.164. The number of esters is 2. The van der Waals surface area contributed by atoms with Gasteiger partial charge in [0.2, 0.25) is 0 Å². The molecule has 2 aromatic carbocycles. The van der Waals surface area contributed by atoms with Crippen LogP contribution in [0.2, 0.25) is 0 Å². The Bertz CT molecular complexity index is 1730. The van der Waals surface area contributed by atoms with Crippen LogP contribution >= 0.6 is 0 Å². The molecular weight excluding hydrogens is 692 g/mol. The summed E-state index contributed by atoms with van der Waals surface area (Å²) >= 11 is 0. The normalized spacial score (nSPS) is 19.0. The van der Waals surface area contributed by atoms with Crippen LogP contribution in [0.15, 0.2) is 60.7 Å². The number of carbonyl (C=O) groups excluding carboxylic acids is 8. The summed E-state index contributed by atoms with van der Waals surface area (Å²) in [7, 11) is 0. The molecule has 2 fully saturated rings.